The van der Waals surface area contributed by atoms with Crippen molar-refractivity contribution in [2.75, 3.05) is 38.5 Å². The van der Waals surface area contributed by atoms with Crippen molar-refractivity contribution >= 4 is 11.7 Å². The number of carbonyl (C=O) groups excluding carboxylic acids is 1. The number of nitrogens with one attached hydrogen (secondary N) is 1. The highest BCUT2D eigenvalue weighted by molar-refractivity contribution is 5.93. The maximum absolute atomic E-state index is 12.5. The molecule has 1 aliphatic heterocycles. The van der Waals surface area contributed by atoms with Gasteiger partial charge in [0.05, 0.1) is 12.1 Å². The Kier molecular flexibility index (Phi) is 4.73. The Morgan fingerprint density at radius 2 is 1.91 bits per heavy atom. The second-order valence-electron chi connectivity index (χ2n) is 7.20. The Morgan fingerprint density at radius 1 is 1.26 bits per heavy atom. The van der Waals surface area contributed by atoms with Gasteiger partial charge in [0.25, 0.3) is 0 Å². The van der Waals surface area contributed by atoms with Crippen LogP contribution < -0.4 is 5.32 Å². The molecule has 1 aromatic heterocycles. The number of likely N-dealkylation sites (N-methyl/N-ethyl adjacent to an activating group) is 1. The molecule has 0 spiro atoms. The molecule has 1 amide bonds. The van der Waals surface area contributed by atoms with Gasteiger partial charge in [-0.05, 0) is 46.6 Å². The minimum absolute atomic E-state index is 0.0401. The Labute approximate surface area is 138 Å². The van der Waals surface area contributed by atoms with Gasteiger partial charge in [0.15, 0.2) is 5.82 Å². The van der Waals surface area contributed by atoms with E-state index < -0.39 is 0 Å². The van der Waals surface area contributed by atoms with Gasteiger partial charge in [-0.15, -0.1) is 0 Å². The van der Waals surface area contributed by atoms with E-state index in [4.69, 9.17) is 0 Å². The first kappa shape index (κ1) is 16.5. The van der Waals surface area contributed by atoms with Gasteiger partial charge in [-0.2, -0.15) is 5.10 Å². The molecule has 128 valence electrons. The number of piperazine rings is 1. The highest BCUT2D eigenvalue weighted by Gasteiger charge is 2.31. The Bertz CT molecular complexity index is 557. The van der Waals surface area contributed by atoms with Crippen LogP contribution in [0.5, 0.6) is 0 Å². The van der Waals surface area contributed by atoms with Crippen LogP contribution in [0.4, 0.5) is 5.82 Å². The lowest BCUT2D eigenvalue weighted by molar-refractivity contribution is -0.121. The third-order valence-electron chi connectivity index (χ3n) is 5.33. The lowest BCUT2D eigenvalue weighted by Crippen LogP contribution is -2.51. The molecule has 6 nitrogen and oxygen atoms in total. The van der Waals surface area contributed by atoms with Gasteiger partial charge in [0.1, 0.15) is 0 Å². The minimum Gasteiger partial charge on any atom is -0.308 e. The number of nitrogens with zero attached hydrogens (tertiary/aromatic N) is 4. The van der Waals surface area contributed by atoms with Crippen LogP contribution >= 0.6 is 0 Å². The van der Waals surface area contributed by atoms with Crippen LogP contribution in [0.15, 0.2) is 6.07 Å². The van der Waals surface area contributed by atoms with Crippen LogP contribution in [0.3, 0.4) is 0 Å². The normalized spacial score (nSPS) is 22.8. The fourth-order valence-electron chi connectivity index (χ4n) is 3.35. The van der Waals surface area contributed by atoms with Gasteiger partial charge in [-0.1, -0.05) is 0 Å². The predicted octanol–water partition coefficient (Wildman–Crippen LogP) is 1.74. The molecule has 0 bridgehead atoms. The average molecular weight is 319 g/mol. The molecule has 1 aliphatic carbocycles. The van der Waals surface area contributed by atoms with Crippen molar-refractivity contribution in [3.05, 3.63) is 11.8 Å². The molecule has 1 aromatic rings. The van der Waals surface area contributed by atoms with Crippen molar-refractivity contribution in [3.8, 4) is 0 Å². The quantitative estimate of drug-likeness (QED) is 0.898. The minimum atomic E-state index is -0.116. The molecule has 0 aromatic carbocycles. The summed E-state index contributed by atoms with van der Waals surface area (Å²) in [6.45, 7) is 10.2. The van der Waals surface area contributed by atoms with Crippen molar-refractivity contribution in [2.45, 2.75) is 45.7 Å². The molecule has 2 fully saturated rings. The zero-order valence-electron chi connectivity index (χ0n) is 14.7. The van der Waals surface area contributed by atoms with Crippen LogP contribution in [0.1, 0.15) is 38.4 Å². The molecule has 2 atom stereocenters. The van der Waals surface area contributed by atoms with E-state index in [1.165, 1.54) is 12.8 Å². The van der Waals surface area contributed by atoms with E-state index >= 15 is 0 Å². The molecule has 2 heterocycles. The first-order valence-electron chi connectivity index (χ1n) is 8.75. The Morgan fingerprint density at radius 3 is 2.52 bits per heavy atom. The number of aromatic nitrogens is 2. The van der Waals surface area contributed by atoms with Gasteiger partial charge in [-0.25, -0.2) is 0 Å². The molecule has 0 radical (unpaired) electrons. The summed E-state index contributed by atoms with van der Waals surface area (Å²) < 4.78 is 2.06. The van der Waals surface area contributed by atoms with Crippen LogP contribution in [0.25, 0.3) is 0 Å². The maximum Gasteiger partial charge on any atom is 0.242 e. The Hall–Kier alpha value is -1.40. The highest BCUT2D eigenvalue weighted by atomic mass is 16.2. The second-order valence-corrected chi connectivity index (χ2v) is 7.20. The van der Waals surface area contributed by atoms with Crippen LogP contribution in [0, 0.1) is 12.8 Å². The number of aryl methyl sites for hydroxylation is 1. The molecule has 23 heavy (non-hydrogen) atoms. The molecular formula is C17H29N5O. The van der Waals surface area contributed by atoms with E-state index in [1.54, 1.807) is 0 Å². The summed E-state index contributed by atoms with van der Waals surface area (Å²) in [6.07, 6.45) is 2.59. The fourth-order valence-corrected chi connectivity index (χ4v) is 3.35. The number of hydrogen-bond acceptors (Lipinski definition) is 4. The Balaban J connectivity index is 1.60. The lowest BCUT2D eigenvalue weighted by atomic mass is 10.2. The number of rotatable bonds is 5. The van der Waals surface area contributed by atoms with E-state index in [1.807, 2.05) is 13.0 Å². The zero-order valence-corrected chi connectivity index (χ0v) is 14.7. The molecule has 6 heteroatoms. The topological polar surface area (TPSA) is 53.4 Å². The lowest BCUT2D eigenvalue weighted by Gasteiger charge is -2.35. The average Bonchev–Trinajstić information content (AvgIpc) is 3.31. The summed E-state index contributed by atoms with van der Waals surface area (Å²) in [6, 6.07) is 2.29. The monoisotopic (exact) mass is 319 g/mol. The van der Waals surface area contributed by atoms with Crippen molar-refractivity contribution in [1.82, 2.24) is 19.6 Å². The molecule has 2 aliphatic rings. The van der Waals surface area contributed by atoms with E-state index in [0.717, 1.165) is 37.8 Å². The van der Waals surface area contributed by atoms with Crippen LogP contribution in [-0.2, 0) is 4.79 Å². The first-order chi connectivity index (χ1) is 11.0. The summed E-state index contributed by atoms with van der Waals surface area (Å²) >= 11 is 0. The summed E-state index contributed by atoms with van der Waals surface area (Å²) in [7, 11) is 2.12. The first-order valence-corrected chi connectivity index (χ1v) is 8.75. The van der Waals surface area contributed by atoms with Gasteiger partial charge in [0, 0.05) is 37.9 Å². The maximum atomic E-state index is 12.5. The zero-order chi connectivity index (χ0) is 16.6. The molecule has 2 unspecified atom stereocenters. The second kappa shape index (κ2) is 6.61. The third kappa shape index (κ3) is 3.75. The number of hydrogen-bond donors (Lipinski definition) is 1. The van der Waals surface area contributed by atoms with Gasteiger partial charge in [-0.3, -0.25) is 14.4 Å². The van der Waals surface area contributed by atoms with E-state index in [0.29, 0.717) is 11.9 Å². The fraction of sp³-hybridized carbons (Fsp3) is 0.765. The number of amides is 1. The summed E-state index contributed by atoms with van der Waals surface area (Å²) in [4.78, 5) is 17.1. The van der Waals surface area contributed by atoms with Crippen molar-refractivity contribution in [3.63, 3.8) is 0 Å². The van der Waals surface area contributed by atoms with Gasteiger partial charge < -0.3 is 10.2 Å². The number of carbonyl (C=O) groups is 1. The van der Waals surface area contributed by atoms with Gasteiger partial charge >= 0.3 is 0 Å². The van der Waals surface area contributed by atoms with Crippen molar-refractivity contribution < 1.29 is 4.79 Å². The predicted molar refractivity (Wildman–Crippen MR) is 91.6 cm³/mol. The van der Waals surface area contributed by atoms with Crippen molar-refractivity contribution in [1.29, 1.82) is 0 Å². The van der Waals surface area contributed by atoms with E-state index in [9.17, 15) is 4.79 Å². The third-order valence-corrected chi connectivity index (χ3v) is 5.33. The van der Waals surface area contributed by atoms with Crippen molar-refractivity contribution in [2.24, 2.45) is 5.92 Å². The summed E-state index contributed by atoms with van der Waals surface area (Å²) in [5, 5.41) is 7.61. The number of anilines is 1. The van der Waals surface area contributed by atoms with Crippen LogP contribution in [0.2, 0.25) is 0 Å². The van der Waals surface area contributed by atoms with Crippen LogP contribution in [-0.4, -0.2) is 64.8 Å². The molecule has 1 saturated carbocycles. The standard InChI is InChI=1S/C17H29N5O/c1-12-11-16(19-22(12)13(2)15-5-6-15)18-17(23)14(3)21-9-7-20(4)8-10-21/h11,13-15H,5-10H2,1-4H3,(H,18,19,23). The molecule has 1 N–H and O–H groups in total. The SMILES string of the molecule is Cc1cc(NC(=O)C(C)N2CCN(C)CC2)nn1C(C)C1CC1. The van der Waals surface area contributed by atoms with E-state index in [-0.39, 0.29) is 11.9 Å². The van der Waals surface area contributed by atoms with E-state index in [2.05, 4.69) is 45.8 Å². The smallest absolute Gasteiger partial charge is 0.242 e. The molecule has 1 saturated heterocycles. The molecule has 3 rings (SSSR count). The summed E-state index contributed by atoms with van der Waals surface area (Å²) in [5.41, 5.74) is 1.12. The molecular weight excluding hydrogens is 290 g/mol. The van der Waals surface area contributed by atoms with Gasteiger partial charge in [0.2, 0.25) is 5.91 Å². The summed E-state index contributed by atoms with van der Waals surface area (Å²) in [5.74, 6) is 1.47. The highest BCUT2D eigenvalue weighted by Crippen LogP contribution is 2.39. The largest absolute Gasteiger partial charge is 0.308 e.